The van der Waals surface area contributed by atoms with Crippen molar-refractivity contribution in [2.24, 2.45) is 5.10 Å². The molecule has 142 valence electrons. The van der Waals surface area contributed by atoms with Gasteiger partial charge in [-0.3, -0.25) is 9.59 Å². The monoisotopic (exact) mass is 369 g/mol. The Hall–Kier alpha value is -3.35. The second-order valence-electron chi connectivity index (χ2n) is 5.53. The Bertz CT molecular complexity index is 834. The van der Waals surface area contributed by atoms with Gasteiger partial charge in [-0.2, -0.15) is 5.10 Å². The number of hydrazone groups is 1. The first-order chi connectivity index (χ1) is 13.0. The minimum absolute atomic E-state index is 0.203. The zero-order chi connectivity index (χ0) is 19.6. The van der Waals surface area contributed by atoms with E-state index in [1.54, 1.807) is 36.4 Å². The Labute approximate surface area is 158 Å². The summed E-state index contributed by atoms with van der Waals surface area (Å²) in [6.07, 6.45) is 1.52. The summed E-state index contributed by atoms with van der Waals surface area (Å²) in [4.78, 5) is 23.3. The molecule has 2 N–H and O–H groups in total. The van der Waals surface area contributed by atoms with Crippen LogP contribution < -0.4 is 20.2 Å². The van der Waals surface area contributed by atoms with Crippen molar-refractivity contribution in [3.8, 4) is 11.5 Å². The standard InChI is InChI=1S/C20H23N3O4/c1-4-26-18-10-9-15(11-19(18)27-5-2)13-21-23-20(25)16-7-6-8-17(12-16)22-14(3)24/h6-13H,4-5H2,1-3H3,(H,22,24)(H,23,25). The Balaban J connectivity index is 2.05. The number of hydrogen-bond donors (Lipinski definition) is 2. The van der Waals surface area contributed by atoms with Gasteiger partial charge in [-0.15, -0.1) is 0 Å². The van der Waals surface area contributed by atoms with E-state index in [0.29, 0.717) is 36.0 Å². The number of carbonyl (C=O) groups is 2. The number of ether oxygens (including phenoxy) is 2. The van der Waals surface area contributed by atoms with Gasteiger partial charge in [0.1, 0.15) is 0 Å². The van der Waals surface area contributed by atoms with Gasteiger partial charge in [0.15, 0.2) is 11.5 Å². The molecule has 0 saturated carbocycles. The number of amides is 2. The van der Waals surface area contributed by atoms with Crippen molar-refractivity contribution < 1.29 is 19.1 Å². The summed E-state index contributed by atoms with van der Waals surface area (Å²) in [7, 11) is 0. The molecule has 7 nitrogen and oxygen atoms in total. The molecule has 27 heavy (non-hydrogen) atoms. The van der Waals surface area contributed by atoms with Gasteiger partial charge in [0.25, 0.3) is 5.91 Å². The molecule has 0 saturated heterocycles. The van der Waals surface area contributed by atoms with E-state index >= 15 is 0 Å². The van der Waals surface area contributed by atoms with Crippen LogP contribution in [0.5, 0.6) is 11.5 Å². The van der Waals surface area contributed by atoms with Crippen LogP contribution in [0.2, 0.25) is 0 Å². The molecule has 0 bridgehead atoms. The van der Waals surface area contributed by atoms with Crippen LogP contribution in [0.25, 0.3) is 0 Å². The van der Waals surface area contributed by atoms with Crippen molar-refractivity contribution in [1.82, 2.24) is 5.43 Å². The molecule has 0 unspecified atom stereocenters. The van der Waals surface area contributed by atoms with Crippen LogP contribution in [-0.2, 0) is 4.79 Å². The highest BCUT2D eigenvalue weighted by atomic mass is 16.5. The predicted octanol–water partition coefficient (Wildman–Crippen LogP) is 3.21. The van der Waals surface area contributed by atoms with Crippen LogP contribution in [-0.4, -0.2) is 31.2 Å². The highest BCUT2D eigenvalue weighted by molar-refractivity contribution is 5.97. The number of nitrogens with zero attached hydrogens (tertiary/aromatic N) is 1. The molecule has 7 heteroatoms. The molecule has 2 aromatic carbocycles. The molecule has 2 rings (SSSR count). The number of hydrogen-bond acceptors (Lipinski definition) is 5. The number of rotatable bonds is 8. The SMILES string of the molecule is CCOc1ccc(C=NNC(=O)c2cccc(NC(C)=O)c2)cc1OCC. The molecule has 0 spiro atoms. The second-order valence-corrected chi connectivity index (χ2v) is 5.53. The van der Waals surface area contributed by atoms with Gasteiger partial charge in [-0.05, 0) is 55.8 Å². The summed E-state index contributed by atoms with van der Waals surface area (Å²) < 4.78 is 11.1. The van der Waals surface area contributed by atoms with E-state index in [1.807, 2.05) is 19.9 Å². The van der Waals surface area contributed by atoms with Gasteiger partial charge < -0.3 is 14.8 Å². The molecule has 2 aromatic rings. The molecule has 0 aromatic heterocycles. The van der Waals surface area contributed by atoms with E-state index in [9.17, 15) is 9.59 Å². The quantitative estimate of drug-likeness (QED) is 0.552. The maximum absolute atomic E-state index is 12.2. The van der Waals surface area contributed by atoms with Gasteiger partial charge in [-0.25, -0.2) is 5.43 Å². The number of anilines is 1. The predicted molar refractivity (Wildman–Crippen MR) is 105 cm³/mol. The zero-order valence-electron chi connectivity index (χ0n) is 15.6. The molecular formula is C20H23N3O4. The zero-order valence-corrected chi connectivity index (χ0v) is 15.6. The third-order valence-electron chi connectivity index (χ3n) is 3.39. The molecule has 0 aliphatic carbocycles. The second kappa shape index (κ2) is 9.96. The summed E-state index contributed by atoms with van der Waals surface area (Å²) in [6, 6.07) is 12.0. The first-order valence-corrected chi connectivity index (χ1v) is 8.64. The third-order valence-corrected chi connectivity index (χ3v) is 3.39. The van der Waals surface area contributed by atoms with E-state index in [-0.39, 0.29) is 11.8 Å². The van der Waals surface area contributed by atoms with Crippen molar-refractivity contribution in [3.63, 3.8) is 0 Å². The summed E-state index contributed by atoms with van der Waals surface area (Å²) in [5.41, 5.74) is 4.16. The fraction of sp³-hybridized carbons (Fsp3) is 0.250. The van der Waals surface area contributed by atoms with E-state index in [4.69, 9.17) is 9.47 Å². The fourth-order valence-corrected chi connectivity index (χ4v) is 2.32. The molecule has 0 radical (unpaired) electrons. The minimum atomic E-state index is -0.380. The maximum Gasteiger partial charge on any atom is 0.271 e. The van der Waals surface area contributed by atoms with Gasteiger partial charge in [0.2, 0.25) is 5.91 Å². The molecular weight excluding hydrogens is 346 g/mol. The molecule has 2 amide bonds. The average Bonchev–Trinajstić information content (AvgIpc) is 2.64. The van der Waals surface area contributed by atoms with E-state index in [1.165, 1.54) is 13.1 Å². The topological polar surface area (TPSA) is 89.0 Å². The van der Waals surface area contributed by atoms with Crippen LogP contribution >= 0.6 is 0 Å². The lowest BCUT2D eigenvalue weighted by atomic mass is 10.2. The first-order valence-electron chi connectivity index (χ1n) is 8.64. The van der Waals surface area contributed by atoms with Crippen LogP contribution in [0.15, 0.2) is 47.6 Å². The molecule has 0 fully saturated rings. The number of nitrogens with one attached hydrogen (secondary N) is 2. The maximum atomic E-state index is 12.2. The molecule has 0 aliphatic heterocycles. The lowest BCUT2D eigenvalue weighted by Crippen LogP contribution is -2.18. The third kappa shape index (κ3) is 6.14. The van der Waals surface area contributed by atoms with Gasteiger partial charge >= 0.3 is 0 Å². The molecule has 0 heterocycles. The average molecular weight is 369 g/mol. The van der Waals surface area contributed by atoms with Gasteiger partial charge in [0.05, 0.1) is 19.4 Å². The van der Waals surface area contributed by atoms with Crippen molar-refractivity contribution in [1.29, 1.82) is 0 Å². The van der Waals surface area contributed by atoms with Crippen molar-refractivity contribution in [2.75, 3.05) is 18.5 Å². The van der Waals surface area contributed by atoms with E-state index < -0.39 is 0 Å². The largest absolute Gasteiger partial charge is 0.490 e. The lowest BCUT2D eigenvalue weighted by Gasteiger charge is -2.11. The van der Waals surface area contributed by atoms with Crippen LogP contribution in [0.1, 0.15) is 36.7 Å². The Kier molecular flexibility index (Phi) is 7.37. The van der Waals surface area contributed by atoms with Crippen molar-refractivity contribution >= 4 is 23.7 Å². The normalized spacial score (nSPS) is 10.5. The summed E-state index contributed by atoms with van der Waals surface area (Å²) >= 11 is 0. The van der Waals surface area contributed by atoms with Gasteiger partial charge in [0, 0.05) is 18.2 Å². The van der Waals surface area contributed by atoms with Crippen LogP contribution in [0.4, 0.5) is 5.69 Å². The highest BCUT2D eigenvalue weighted by Crippen LogP contribution is 2.27. The smallest absolute Gasteiger partial charge is 0.271 e. The summed E-state index contributed by atoms with van der Waals surface area (Å²) in [6.45, 7) is 6.26. The Morgan fingerprint density at radius 1 is 1.04 bits per heavy atom. The minimum Gasteiger partial charge on any atom is -0.490 e. The van der Waals surface area contributed by atoms with E-state index in [0.717, 1.165) is 5.56 Å². The van der Waals surface area contributed by atoms with E-state index in [2.05, 4.69) is 15.8 Å². The lowest BCUT2D eigenvalue weighted by molar-refractivity contribution is -0.114. The number of benzene rings is 2. The van der Waals surface area contributed by atoms with Crippen molar-refractivity contribution in [2.45, 2.75) is 20.8 Å². The summed E-state index contributed by atoms with van der Waals surface area (Å²) in [5, 5.41) is 6.61. The first kappa shape index (κ1) is 20.0. The highest BCUT2D eigenvalue weighted by Gasteiger charge is 2.07. The molecule has 0 aliphatic rings. The Morgan fingerprint density at radius 2 is 1.78 bits per heavy atom. The van der Waals surface area contributed by atoms with Crippen LogP contribution in [0, 0.1) is 0 Å². The molecule has 0 atom stereocenters. The Morgan fingerprint density at radius 3 is 2.48 bits per heavy atom. The van der Waals surface area contributed by atoms with Crippen LogP contribution in [0.3, 0.4) is 0 Å². The summed E-state index contributed by atoms with van der Waals surface area (Å²) in [5.74, 6) is 0.702. The number of carbonyl (C=O) groups excluding carboxylic acids is 2. The fourth-order valence-electron chi connectivity index (χ4n) is 2.32. The van der Waals surface area contributed by atoms with Crippen molar-refractivity contribution in [3.05, 3.63) is 53.6 Å². The van der Waals surface area contributed by atoms with Gasteiger partial charge in [-0.1, -0.05) is 6.07 Å².